The van der Waals surface area contributed by atoms with Crippen molar-refractivity contribution in [2.24, 2.45) is 5.73 Å². The Hall–Kier alpha value is -3.51. The van der Waals surface area contributed by atoms with E-state index in [1.165, 1.54) is 0 Å². The summed E-state index contributed by atoms with van der Waals surface area (Å²) in [5.41, 5.74) is 7.97. The van der Waals surface area contributed by atoms with Gasteiger partial charge in [-0.3, -0.25) is 35.1 Å². The predicted octanol–water partition coefficient (Wildman–Crippen LogP) is -0.325. The van der Waals surface area contributed by atoms with Gasteiger partial charge in [-0.2, -0.15) is 0 Å². The Kier molecular flexibility index (Phi) is 3.37. The van der Waals surface area contributed by atoms with Gasteiger partial charge in [0.2, 0.25) is 0 Å². The molecule has 0 spiro atoms. The molecule has 106 valence electrons. The standard InChI is InChI=1S/C7H6N6O7/c8-2-4(11(15)16)1(7(10)14)5(12(17)18)3(9)6(2)13(19)20/h8-9H2,(H2,10,14). The Morgan fingerprint density at radius 2 is 1.10 bits per heavy atom. The number of primary amides is 1. The minimum atomic E-state index is -1.56. The molecule has 0 unspecified atom stereocenters. The first kappa shape index (κ1) is 14.6. The summed E-state index contributed by atoms with van der Waals surface area (Å²) in [4.78, 5) is 39.8. The van der Waals surface area contributed by atoms with E-state index in [0.29, 0.717) is 0 Å². The van der Waals surface area contributed by atoms with Gasteiger partial charge in [0, 0.05) is 0 Å². The van der Waals surface area contributed by atoms with E-state index in [0.717, 1.165) is 0 Å². The minimum absolute atomic E-state index is 1.09. The van der Waals surface area contributed by atoms with Gasteiger partial charge in [-0.15, -0.1) is 0 Å². The smallest absolute Gasteiger partial charge is 0.329 e. The van der Waals surface area contributed by atoms with Crippen molar-refractivity contribution in [1.29, 1.82) is 0 Å². The van der Waals surface area contributed by atoms with E-state index in [2.05, 4.69) is 0 Å². The highest BCUT2D eigenvalue weighted by Gasteiger charge is 2.42. The lowest BCUT2D eigenvalue weighted by Gasteiger charge is -2.07. The van der Waals surface area contributed by atoms with Crippen molar-refractivity contribution in [3.8, 4) is 0 Å². The molecule has 20 heavy (non-hydrogen) atoms. The molecule has 1 aromatic carbocycles. The molecule has 6 N–H and O–H groups in total. The van der Waals surface area contributed by atoms with E-state index in [-0.39, 0.29) is 0 Å². The Morgan fingerprint density at radius 1 is 0.800 bits per heavy atom. The molecule has 1 amide bonds. The zero-order valence-electron chi connectivity index (χ0n) is 9.43. The van der Waals surface area contributed by atoms with E-state index in [4.69, 9.17) is 17.2 Å². The van der Waals surface area contributed by atoms with Crippen LogP contribution in [0.15, 0.2) is 0 Å². The monoisotopic (exact) mass is 286 g/mol. The molecule has 0 saturated carbocycles. The summed E-state index contributed by atoms with van der Waals surface area (Å²) in [5.74, 6) is -1.56. The van der Waals surface area contributed by atoms with Crippen LogP contribution in [0.25, 0.3) is 0 Å². The van der Waals surface area contributed by atoms with Gasteiger partial charge in [0.1, 0.15) is 0 Å². The molecule has 13 heteroatoms. The van der Waals surface area contributed by atoms with Crippen LogP contribution >= 0.6 is 0 Å². The number of nitrogens with two attached hydrogens (primary N) is 3. The fourth-order valence-corrected chi connectivity index (χ4v) is 1.56. The van der Waals surface area contributed by atoms with Crippen molar-refractivity contribution in [3.63, 3.8) is 0 Å². The molecule has 0 aliphatic carbocycles. The number of anilines is 2. The molecule has 0 fully saturated rings. The van der Waals surface area contributed by atoms with Gasteiger partial charge >= 0.3 is 17.1 Å². The Bertz CT molecular complexity index is 627. The molecule has 13 nitrogen and oxygen atoms in total. The summed E-state index contributed by atoms with van der Waals surface area (Å²) in [6, 6.07) is 0. The normalized spacial score (nSPS) is 10.0. The van der Waals surface area contributed by atoms with Gasteiger partial charge in [-0.25, -0.2) is 0 Å². The topological polar surface area (TPSA) is 225 Å². The summed E-state index contributed by atoms with van der Waals surface area (Å²) in [6.07, 6.45) is 0. The molecule has 0 bridgehead atoms. The summed E-state index contributed by atoms with van der Waals surface area (Å²) in [7, 11) is 0. The first-order valence-corrected chi connectivity index (χ1v) is 4.59. The van der Waals surface area contributed by atoms with E-state index in [1.54, 1.807) is 0 Å². The van der Waals surface area contributed by atoms with Crippen molar-refractivity contribution in [2.45, 2.75) is 0 Å². The number of benzene rings is 1. The molecule has 0 atom stereocenters. The van der Waals surface area contributed by atoms with Crippen LogP contribution in [0, 0.1) is 30.3 Å². The third-order valence-corrected chi connectivity index (χ3v) is 2.29. The van der Waals surface area contributed by atoms with Gasteiger partial charge in [-0.05, 0) is 0 Å². The Labute approximate surface area is 108 Å². The lowest BCUT2D eigenvalue weighted by molar-refractivity contribution is -0.400. The lowest BCUT2D eigenvalue weighted by Crippen LogP contribution is -2.19. The second-order valence-corrected chi connectivity index (χ2v) is 3.38. The number of nitrogen functional groups attached to an aromatic ring is 2. The predicted molar refractivity (Wildman–Crippen MR) is 63.7 cm³/mol. The second kappa shape index (κ2) is 4.63. The molecule has 0 aromatic heterocycles. The van der Waals surface area contributed by atoms with E-state index < -0.39 is 54.7 Å². The van der Waals surface area contributed by atoms with Crippen LogP contribution in [0.1, 0.15) is 10.4 Å². The SMILES string of the molecule is NC(=O)c1c([N+](=O)[O-])c(N)c([N+](=O)[O-])c(N)c1[N+](=O)[O-]. The van der Waals surface area contributed by atoms with Crippen LogP contribution in [-0.2, 0) is 0 Å². The number of nitro groups is 3. The van der Waals surface area contributed by atoms with Gasteiger partial charge in [0.15, 0.2) is 16.9 Å². The number of nitrogens with zero attached hydrogens (tertiary/aromatic N) is 3. The number of rotatable bonds is 4. The highest BCUT2D eigenvalue weighted by molar-refractivity contribution is 6.08. The Balaban J connectivity index is 4.12. The van der Waals surface area contributed by atoms with Crippen LogP contribution in [0.4, 0.5) is 28.4 Å². The van der Waals surface area contributed by atoms with Crippen LogP contribution in [0.3, 0.4) is 0 Å². The molecule has 0 aliphatic rings. The molecule has 1 aromatic rings. The third-order valence-electron chi connectivity index (χ3n) is 2.29. The molecule has 0 saturated heterocycles. The Morgan fingerprint density at radius 3 is 1.30 bits per heavy atom. The van der Waals surface area contributed by atoms with Crippen LogP contribution in [0.2, 0.25) is 0 Å². The molecular formula is C7H6N6O7. The van der Waals surface area contributed by atoms with E-state index >= 15 is 0 Å². The largest absolute Gasteiger partial charge is 0.387 e. The third kappa shape index (κ3) is 1.98. The fourth-order valence-electron chi connectivity index (χ4n) is 1.56. The molecular weight excluding hydrogens is 280 g/mol. The van der Waals surface area contributed by atoms with Crippen molar-refractivity contribution in [1.82, 2.24) is 0 Å². The second-order valence-electron chi connectivity index (χ2n) is 3.38. The fraction of sp³-hybridized carbons (Fsp3) is 0. The minimum Gasteiger partial charge on any atom is -0.387 e. The van der Waals surface area contributed by atoms with E-state index in [9.17, 15) is 35.1 Å². The van der Waals surface area contributed by atoms with Crippen molar-refractivity contribution in [2.75, 3.05) is 11.5 Å². The zero-order chi connectivity index (χ0) is 15.8. The highest BCUT2D eigenvalue weighted by atomic mass is 16.6. The van der Waals surface area contributed by atoms with Crippen LogP contribution in [-0.4, -0.2) is 20.7 Å². The van der Waals surface area contributed by atoms with Crippen molar-refractivity contribution >= 4 is 34.3 Å². The quantitative estimate of drug-likeness (QED) is 0.373. The van der Waals surface area contributed by atoms with E-state index in [1.807, 2.05) is 0 Å². The zero-order valence-corrected chi connectivity index (χ0v) is 9.43. The number of hydrogen-bond donors (Lipinski definition) is 3. The summed E-state index contributed by atoms with van der Waals surface area (Å²) < 4.78 is 0. The summed E-state index contributed by atoms with van der Waals surface area (Å²) >= 11 is 0. The molecule has 1 rings (SSSR count). The first-order chi connectivity index (χ1) is 9.11. The van der Waals surface area contributed by atoms with Crippen LogP contribution < -0.4 is 17.2 Å². The van der Waals surface area contributed by atoms with Gasteiger partial charge < -0.3 is 17.2 Å². The van der Waals surface area contributed by atoms with Crippen LogP contribution in [0.5, 0.6) is 0 Å². The first-order valence-electron chi connectivity index (χ1n) is 4.59. The molecule has 0 radical (unpaired) electrons. The lowest BCUT2D eigenvalue weighted by atomic mass is 10.0. The average molecular weight is 286 g/mol. The van der Waals surface area contributed by atoms with Gasteiger partial charge in [-0.1, -0.05) is 0 Å². The highest BCUT2D eigenvalue weighted by Crippen LogP contribution is 2.46. The van der Waals surface area contributed by atoms with Gasteiger partial charge in [0.05, 0.1) is 14.8 Å². The number of amides is 1. The average Bonchev–Trinajstić information content (AvgIpc) is 2.25. The number of carbonyl (C=O) groups is 1. The molecule has 0 aliphatic heterocycles. The maximum absolute atomic E-state index is 11.2. The number of hydrogen-bond acceptors (Lipinski definition) is 9. The molecule has 0 heterocycles. The van der Waals surface area contributed by atoms with Gasteiger partial charge in [0.25, 0.3) is 5.91 Å². The van der Waals surface area contributed by atoms with Crippen molar-refractivity contribution < 1.29 is 19.6 Å². The summed E-state index contributed by atoms with van der Waals surface area (Å²) in [6.45, 7) is 0. The maximum atomic E-state index is 11.2. The maximum Gasteiger partial charge on any atom is 0.329 e. The van der Waals surface area contributed by atoms with Crippen molar-refractivity contribution in [3.05, 3.63) is 35.9 Å². The number of nitro benzene ring substituents is 3. The number of carbonyl (C=O) groups excluding carboxylic acids is 1. The summed E-state index contributed by atoms with van der Waals surface area (Å²) in [5, 5.41) is 32.4.